The summed E-state index contributed by atoms with van der Waals surface area (Å²) in [6.07, 6.45) is 0. The van der Waals surface area contributed by atoms with Crippen LogP contribution in [0.1, 0.15) is 10.9 Å². The van der Waals surface area contributed by atoms with Crippen LogP contribution in [-0.4, -0.2) is 65.8 Å². The molecule has 2 aromatic rings. The minimum atomic E-state index is -0.254. The van der Waals surface area contributed by atoms with Crippen LogP contribution in [0.5, 0.6) is 5.75 Å². The van der Waals surface area contributed by atoms with Crippen molar-refractivity contribution in [3.63, 3.8) is 0 Å². The second-order valence-corrected chi connectivity index (χ2v) is 8.27. The van der Waals surface area contributed by atoms with Gasteiger partial charge in [-0.05, 0) is 18.2 Å². The van der Waals surface area contributed by atoms with Gasteiger partial charge in [-0.1, -0.05) is 30.3 Å². The Hall–Kier alpha value is -2.25. The van der Waals surface area contributed by atoms with E-state index in [2.05, 4.69) is 9.80 Å². The van der Waals surface area contributed by atoms with Gasteiger partial charge in [0.15, 0.2) is 0 Å². The summed E-state index contributed by atoms with van der Waals surface area (Å²) in [5.41, 5.74) is 1.42. The number of rotatable bonds is 4. The van der Waals surface area contributed by atoms with Crippen LogP contribution in [0.25, 0.3) is 0 Å². The van der Waals surface area contributed by atoms with Crippen LogP contribution >= 0.6 is 11.8 Å². The average molecular weight is 402 g/mol. The molecule has 0 radical (unpaired) electrons. The monoisotopic (exact) mass is 401 g/mol. The van der Waals surface area contributed by atoms with Crippen molar-refractivity contribution < 1.29 is 14.3 Å². The Labute approximate surface area is 168 Å². The highest BCUT2D eigenvalue weighted by Crippen LogP contribution is 2.39. The molecule has 4 rings (SSSR count). The molecule has 2 heterocycles. The maximum absolute atomic E-state index is 14.2. The number of carbonyl (C=O) groups excluding carboxylic acids is 1. The third-order valence-corrected chi connectivity index (χ3v) is 6.58. The third kappa shape index (κ3) is 3.95. The van der Waals surface area contributed by atoms with Crippen molar-refractivity contribution in [1.82, 2.24) is 9.80 Å². The van der Waals surface area contributed by atoms with E-state index in [9.17, 15) is 14.3 Å². The third-order valence-electron chi connectivity index (χ3n) is 5.34. The van der Waals surface area contributed by atoms with Gasteiger partial charge in [0.1, 0.15) is 16.9 Å². The number of thioether (sulfide) groups is 1. The van der Waals surface area contributed by atoms with Crippen LogP contribution in [0.3, 0.4) is 0 Å². The molecule has 1 N–H and O–H groups in total. The molecule has 0 saturated carbocycles. The maximum atomic E-state index is 14.2. The van der Waals surface area contributed by atoms with E-state index < -0.39 is 0 Å². The highest BCUT2D eigenvalue weighted by molar-refractivity contribution is 7.99. The molecule has 0 aliphatic carbocycles. The van der Waals surface area contributed by atoms with Crippen LogP contribution in [0.15, 0.2) is 48.5 Å². The van der Waals surface area contributed by atoms with E-state index in [0.717, 1.165) is 37.6 Å². The number of aromatic hydroxyl groups is 1. The summed E-state index contributed by atoms with van der Waals surface area (Å²) in [7, 11) is 0. The molecule has 2 aromatic carbocycles. The van der Waals surface area contributed by atoms with Gasteiger partial charge in [-0.15, -0.1) is 11.8 Å². The Morgan fingerprint density at radius 3 is 2.50 bits per heavy atom. The molecule has 2 saturated heterocycles. The smallest absolute Gasteiger partial charge is 0.237 e. The molecular weight excluding hydrogens is 377 g/mol. The number of halogens is 1. The number of hydrogen-bond acceptors (Lipinski definition) is 5. The van der Waals surface area contributed by atoms with Gasteiger partial charge in [0, 0.05) is 44.0 Å². The van der Waals surface area contributed by atoms with Crippen molar-refractivity contribution in [2.24, 2.45) is 0 Å². The number of anilines is 1. The molecule has 0 unspecified atom stereocenters. The number of amides is 1. The van der Waals surface area contributed by atoms with Crippen LogP contribution in [0.2, 0.25) is 0 Å². The zero-order valence-corrected chi connectivity index (χ0v) is 16.4. The van der Waals surface area contributed by atoms with Gasteiger partial charge in [0.05, 0.1) is 12.2 Å². The number of hydrogen-bond donors (Lipinski definition) is 1. The fourth-order valence-electron chi connectivity index (χ4n) is 3.82. The Morgan fingerprint density at radius 2 is 1.75 bits per heavy atom. The van der Waals surface area contributed by atoms with Gasteiger partial charge >= 0.3 is 0 Å². The molecule has 0 aromatic heterocycles. The molecule has 0 spiro atoms. The van der Waals surface area contributed by atoms with Crippen molar-refractivity contribution in [1.29, 1.82) is 0 Å². The molecule has 1 amide bonds. The number of carbonyl (C=O) groups is 1. The van der Waals surface area contributed by atoms with Gasteiger partial charge in [0.25, 0.3) is 0 Å². The second-order valence-electron chi connectivity index (χ2n) is 7.08. The van der Waals surface area contributed by atoms with E-state index in [-0.39, 0.29) is 22.8 Å². The minimum Gasteiger partial charge on any atom is -0.506 e. The Balaban J connectivity index is 1.36. The number of phenols is 1. The molecule has 2 fully saturated rings. The quantitative estimate of drug-likeness (QED) is 0.854. The first-order valence-corrected chi connectivity index (χ1v) is 10.6. The van der Waals surface area contributed by atoms with E-state index in [1.807, 2.05) is 24.3 Å². The normalized spacial score (nSPS) is 20.5. The van der Waals surface area contributed by atoms with E-state index in [4.69, 9.17) is 0 Å². The first-order chi connectivity index (χ1) is 13.6. The topological polar surface area (TPSA) is 47.0 Å². The highest BCUT2D eigenvalue weighted by atomic mass is 32.2. The van der Waals surface area contributed by atoms with E-state index in [1.165, 1.54) is 6.07 Å². The summed E-state index contributed by atoms with van der Waals surface area (Å²) in [5.74, 6) is 0.908. The lowest BCUT2D eigenvalue weighted by atomic mass is 10.2. The molecule has 7 heteroatoms. The molecule has 0 bridgehead atoms. The molecule has 28 heavy (non-hydrogen) atoms. The van der Waals surface area contributed by atoms with Crippen LogP contribution in [0, 0.1) is 5.82 Å². The van der Waals surface area contributed by atoms with Gasteiger partial charge in [0.2, 0.25) is 5.91 Å². The van der Waals surface area contributed by atoms with Crippen molar-refractivity contribution in [3.8, 4) is 5.75 Å². The van der Waals surface area contributed by atoms with Crippen LogP contribution in [0.4, 0.5) is 10.1 Å². The number of phenolic OH excluding ortho intramolecular Hbond substituents is 1. The van der Waals surface area contributed by atoms with E-state index in [1.54, 1.807) is 34.9 Å². The van der Waals surface area contributed by atoms with Gasteiger partial charge in [-0.2, -0.15) is 0 Å². The number of piperazine rings is 1. The van der Waals surface area contributed by atoms with Crippen LogP contribution < -0.4 is 4.90 Å². The number of nitrogens with zero attached hydrogens (tertiary/aromatic N) is 3. The lowest BCUT2D eigenvalue weighted by molar-refractivity contribution is -0.132. The van der Waals surface area contributed by atoms with Gasteiger partial charge in [-0.25, -0.2) is 4.39 Å². The molecule has 2 aliphatic rings. The number of benzene rings is 2. The van der Waals surface area contributed by atoms with E-state index in [0.29, 0.717) is 18.7 Å². The summed E-state index contributed by atoms with van der Waals surface area (Å²) >= 11 is 1.62. The Morgan fingerprint density at radius 1 is 1.04 bits per heavy atom. The molecule has 5 nitrogen and oxygen atoms in total. The van der Waals surface area contributed by atoms with Crippen molar-refractivity contribution in [3.05, 3.63) is 59.9 Å². The molecule has 148 valence electrons. The largest absolute Gasteiger partial charge is 0.506 e. The van der Waals surface area contributed by atoms with Crippen molar-refractivity contribution in [2.45, 2.75) is 5.37 Å². The lowest BCUT2D eigenvalue weighted by Crippen LogP contribution is -2.50. The predicted octanol–water partition coefficient (Wildman–Crippen LogP) is 2.93. The Kier molecular flexibility index (Phi) is 5.73. The molecule has 2 aliphatic heterocycles. The first-order valence-electron chi connectivity index (χ1n) is 9.54. The highest BCUT2D eigenvalue weighted by Gasteiger charge is 2.33. The average Bonchev–Trinajstić information content (AvgIpc) is 3.19. The first kappa shape index (κ1) is 19.1. The maximum Gasteiger partial charge on any atom is 0.237 e. The van der Waals surface area contributed by atoms with Crippen molar-refractivity contribution >= 4 is 23.4 Å². The lowest BCUT2D eigenvalue weighted by Gasteiger charge is -2.37. The molecular formula is C21H24FN3O2S. The van der Waals surface area contributed by atoms with Gasteiger partial charge in [-0.3, -0.25) is 9.69 Å². The zero-order valence-electron chi connectivity index (χ0n) is 15.6. The molecule has 1 atom stereocenters. The number of para-hydroxylation sites is 2. The summed E-state index contributed by atoms with van der Waals surface area (Å²) in [5, 5.41) is 9.79. The fraction of sp³-hybridized carbons (Fsp3) is 0.381. The summed E-state index contributed by atoms with van der Waals surface area (Å²) < 4.78 is 14.2. The summed E-state index contributed by atoms with van der Waals surface area (Å²) in [6.45, 7) is 4.03. The Bertz CT molecular complexity index is 842. The summed E-state index contributed by atoms with van der Waals surface area (Å²) in [6, 6.07) is 14.0. The zero-order chi connectivity index (χ0) is 19.5. The van der Waals surface area contributed by atoms with Gasteiger partial charge < -0.3 is 14.9 Å². The fourth-order valence-corrected chi connectivity index (χ4v) is 5.12. The van der Waals surface area contributed by atoms with Crippen LogP contribution in [-0.2, 0) is 4.79 Å². The minimum absolute atomic E-state index is 0.0502. The second kappa shape index (κ2) is 8.41. The van der Waals surface area contributed by atoms with E-state index >= 15 is 0 Å². The predicted molar refractivity (Wildman–Crippen MR) is 110 cm³/mol. The standard InChI is InChI=1S/C21H24FN3O2S/c22-17-6-2-1-5-16(17)21-25(13-14-28-21)20(27)15-23-9-11-24(12-10-23)18-7-3-4-8-19(18)26/h1-8,21,26H,9-15H2/t21-/m1/s1. The van der Waals surface area contributed by atoms with Crippen molar-refractivity contribution in [2.75, 3.05) is 49.9 Å². The summed E-state index contributed by atoms with van der Waals surface area (Å²) in [4.78, 5) is 19.0. The SMILES string of the molecule is O=C(CN1CCN(c2ccccc2O)CC1)N1CCS[C@@H]1c1ccccc1F.